The fourth-order valence-electron chi connectivity index (χ4n) is 3.69. The van der Waals surface area contributed by atoms with Crippen molar-refractivity contribution in [3.05, 3.63) is 75.9 Å². The molecule has 8 heteroatoms. The van der Waals surface area contributed by atoms with E-state index in [0.717, 1.165) is 24.6 Å². The minimum absolute atomic E-state index is 0.0679. The molecule has 0 aliphatic carbocycles. The predicted octanol–water partition coefficient (Wildman–Crippen LogP) is 3.72. The highest BCUT2D eigenvalue weighted by atomic mass is 16.3. The molecule has 4 aromatic rings. The number of fused-ring (bicyclic) bond motifs is 2. The molecule has 2 aromatic heterocycles. The van der Waals surface area contributed by atoms with E-state index in [1.54, 1.807) is 37.3 Å². The standard InChI is InChI=1S/C24H24N4O4/c1-3-4-9-14-28-24(31)18-12-6-5-11-17(18)20(27-28)22(29)25-26-23(30)21-15(2)16-10-7-8-13-19(16)32-21/h5-8,10-13H,3-4,9,14H2,1-2H3,(H,25,29)(H,26,30). The molecule has 0 bridgehead atoms. The average Bonchev–Trinajstić information content (AvgIpc) is 3.15. The van der Waals surface area contributed by atoms with Crippen molar-refractivity contribution in [3.63, 3.8) is 0 Å². The molecule has 2 aromatic carbocycles. The first-order valence-electron chi connectivity index (χ1n) is 10.6. The van der Waals surface area contributed by atoms with E-state index >= 15 is 0 Å². The summed E-state index contributed by atoms with van der Waals surface area (Å²) in [4.78, 5) is 38.3. The number of rotatable bonds is 6. The molecule has 0 atom stereocenters. The first kappa shape index (κ1) is 21.3. The van der Waals surface area contributed by atoms with Crippen LogP contribution in [-0.4, -0.2) is 21.6 Å². The molecule has 0 aliphatic heterocycles. The van der Waals surface area contributed by atoms with Crippen LogP contribution in [0.3, 0.4) is 0 Å². The van der Waals surface area contributed by atoms with Gasteiger partial charge in [-0.05, 0) is 25.5 Å². The summed E-state index contributed by atoms with van der Waals surface area (Å²) in [5, 5.41) is 5.95. The molecule has 8 nitrogen and oxygen atoms in total. The van der Waals surface area contributed by atoms with E-state index in [1.807, 2.05) is 18.2 Å². The normalized spacial score (nSPS) is 11.1. The largest absolute Gasteiger partial charge is 0.451 e. The molecule has 0 spiro atoms. The Kier molecular flexibility index (Phi) is 6.02. The van der Waals surface area contributed by atoms with Crippen molar-refractivity contribution >= 4 is 33.6 Å². The number of unbranched alkanes of at least 4 members (excludes halogenated alkanes) is 2. The number of aryl methyl sites for hydroxylation is 2. The monoisotopic (exact) mass is 432 g/mol. The van der Waals surface area contributed by atoms with Gasteiger partial charge in [0.2, 0.25) is 0 Å². The van der Waals surface area contributed by atoms with Crippen molar-refractivity contribution in [2.45, 2.75) is 39.7 Å². The van der Waals surface area contributed by atoms with Gasteiger partial charge < -0.3 is 4.42 Å². The molecule has 164 valence electrons. The minimum atomic E-state index is -0.618. The average molecular weight is 432 g/mol. The number of furan rings is 1. The number of carbonyl (C=O) groups is 2. The number of nitrogens with one attached hydrogen (secondary N) is 2. The molecular weight excluding hydrogens is 408 g/mol. The molecule has 0 unspecified atom stereocenters. The molecule has 0 fully saturated rings. The summed E-state index contributed by atoms with van der Waals surface area (Å²) in [7, 11) is 0. The zero-order valence-corrected chi connectivity index (χ0v) is 18.0. The highest BCUT2D eigenvalue weighted by Crippen LogP contribution is 2.24. The molecule has 2 heterocycles. The summed E-state index contributed by atoms with van der Waals surface area (Å²) in [6.45, 7) is 4.27. The number of carbonyl (C=O) groups excluding carboxylic acids is 2. The Hall–Kier alpha value is -3.94. The van der Waals surface area contributed by atoms with E-state index in [4.69, 9.17) is 4.42 Å². The maximum atomic E-state index is 12.9. The van der Waals surface area contributed by atoms with Crippen molar-refractivity contribution in [2.24, 2.45) is 0 Å². The van der Waals surface area contributed by atoms with Crippen LogP contribution in [0.1, 0.15) is 52.8 Å². The molecule has 0 aliphatic rings. The van der Waals surface area contributed by atoms with Crippen molar-refractivity contribution in [1.29, 1.82) is 0 Å². The zero-order chi connectivity index (χ0) is 22.7. The lowest BCUT2D eigenvalue weighted by atomic mass is 10.1. The van der Waals surface area contributed by atoms with E-state index in [9.17, 15) is 14.4 Å². The van der Waals surface area contributed by atoms with Gasteiger partial charge in [0, 0.05) is 22.9 Å². The second-order valence-corrected chi connectivity index (χ2v) is 7.59. The third kappa shape index (κ3) is 3.99. The van der Waals surface area contributed by atoms with Crippen LogP contribution in [0.5, 0.6) is 0 Å². The fourth-order valence-corrected chi connectivity index (χ4v) is 3.69. The number of hydrogen-bond acceptors (Lipinski definition) is 5. The molecule has 4 rings (SSSR count). The second kappa shape index (κ2) is 9.05. The van der Waals surface area contributed by atoms with Crippen molar-refractivity contribution in [1.82, 2.24) is 20.6 Å². The second-order valence-electron chi connectivity index (χ2n) is 7.59. The number of amides is 2. The SMILES string of the molecule is CCCCCn1nc(C(=O)NNC(=O)c2oc3ccccc3c2C)c2ccccc2c1=O. The van der Waals surface area contributed by atoms with Crippen LogP contribution in [0.15, 0.2) is 57.7 Å². The number of para-hydroxylation sites is 1. The van der Waals surface area contributed by atoms with Crippen LogP contribution in [0.4, 0.5) is 0 Å². The van der Waals surface area contributed by atoms with Crippen LogP contribution in [0.25, 0.3) is 21.7 Å². The summed E-state index contributed by atoms with van der Waals surface area (Å²) in [5.41, 5.74) is 5.89. The van der Waals surface area contributed by atoms with Crippen LogP contribution < -0.4 is 16.4 Å². The highest BCUT2D eigenvalue weighted by molar-refractivity contribution is 6.06. The number of nitrogens with zero attached hydrogens (tertiary/aromatic N) is 2. The summed E-state index contributed by atoms with van der Waals surface area (Å²) in [6, 6.07) is 14.1. The molecule has 0 radical (unpaired) electrons. The maximum absolute atomic E-state index is 12.9. The number of benzene rings is 2. The molecule has 2 amide bonds. The van der Waals surface area contributed by atoms with Gasteiger partial charge >= 0.3 is 5.91 Å². The van der Waals surface area contributed by atoms with Crippen molar-refractivity contribution in [2.75, 3.05) is 0 Å². The summed E-state index contributed by atoms with van der Waals surface area (Å²) >= 11 is 0. The Morgan fingerprint density at radius 1 is 0.938 bits per heavy atom. The molecule has 0 saturated heterocycles. The lowest BCUT2D eigenvalue weighted by Gasteiger charge is -2.11. The Labute approximate surface area is 184 Å². The third-order valence-electron chi connectivity index (χ3n) is 5.40. The van der Waals surface area contributed by atoms with E-state index in [-0.39, 0.29) is 17.0 Å². The smallest absolute Gasteiger partial charge is 0.305 e. The number of hydrazine groups is 1. The zero-order valence-electron chi connectivity index (χ0n) is 18.0. The fraction of sp³-hybridized carbons (Fsp3) is 0.250. The van der Waals surface area contributed by atoms with Crippen LogP contribution in [-0.2, 0) is 6.54 Å². The van der Waals surface area contributed by atoms with Gasteiger partial charge in [-0.15, -0.1) is 0 Å². The van der Waals surface area contributed by atoms with Crippen LogP contribution in [0.2, 0.25) is 0 Å². The lowest BCUT2D eigenvalue weighted by Crippen LogP contribution is -2.43. The van der Waals surface area contributed by atoms with Crippen LogP contribution in [0, 0.1) is 6.92 Å². The van der Waals surface area contributed by atoms with E-state index in [1.165, 1.54) is 4.68 Å². The minimum Gasteiger partial charge on any atom is -0.451 e. The van der Waals surface area contributed by atoms with Gasteiger partial charge in [0.15, 0.2) is 11.5 Å². The van der Waals surface area contributed by atoms with Crippen molar-refractivity contribution in [3.8, 4) is 0 Å². The summed E-state index contributed by atoms with van der Waals surface area (Å²) in [6.07, 6.45) is 2.74. The van der Waals surface area contributed by atoms with Gasteiger partial charge in [0.25, 0.3) is 11.5 Å². The van der Waals surface area contributed by atoms with Crippen molar-refractivity contribution < 1.29 is 14.0 Å². The molecule has 32 heavy (non-hydrogen) atoms. The number of hydrogen-bond donors (Lipinski definition) is 2. The van der Waals surface area contributed by atoms with Crippen LogP contribution >= 0.6 is 0 Å². The van der Waals surface area contributed by atoms with Gasteiger partial charge in [-0.3, -0.25) is 25.2 Å². The van der Waals surface area contributed by atoms with E-state index in [0.29, 0.717) is 28.5 Å². The van der Waals surface area contributed by atoms with E-state index < -0.39 is 11.8 Å². The van der Waals surface area contributed by atoms with Gasteiger partial charge in [0.1, 0.15) is 5.58 Å². The van der Waals surface area contributed by atoms with Gasteiger partial charge in [-0.2, -0.15) is 5.10 Å². The summed E-state index contributed by atoms with van der Waals surface area (Å²) in [5.74, 6) is -1.07. The van der Waals surface area contributed by atoms with Gasteiger partial charge in [0.05, 0.1) is 5.39 Å². The Balaban J connectivity index is 1.59. The molecule has 2 N–H and O–H groups in total. The van der Waals surface area contributed by atoms with Gasteiger partial charge in [-0.1, -0.05) is 56.2 Å². The summed E-state index contributed by atoms with van der Waals surface area (Å²) < 4.78 is 6.95. The maximum Gasteiger partial charge on any atom is 0.305 e. The first-order chi connectivity index (χ1) is 15.5. The Morgan fingerprint density at radius 2 is 1.59 bits per heavy atom. The van der Waals surface area contributed by atoms with Gasteiger partial charge in [-0.25, -0.2) is 4.68 Å². The van der Waals surface area contributed by atoms with E-state index in [2.05, 4.69) is 22.9 Å². The number of aromatic nitrogens is 2. The topological polar surface area (TPSA) is 106 Å². The quantitative estimate of drug-likeness (QED) is 0.357. The highest BCUT2D eigenvalue weighted by Gasteiger charge is 2.20. The Bertz CT molecular complexity index is 1370. The lowest BCUT2D eigenvalue weighted by molar-refractivity contribution is 0.0829. The third-order valence-corrected chi connectivity index (χ3v) is 5.40. The first-order valence-corrected chi connectivity index (χ1v) is 10.6. The Morgan fingerprint density at radius 3 is 2.31 bits per heavy atom. The molecule has 0 saturated carbocycles. The predicted molar refractivity (Wildman–Crippen MR) is 121 cm³/mol. The molecular formula is C24H24N4O4.